The Morgan fingerprint density at radius 1 is 0.795 bits per heavy atom. The lowest BCUT2D eigenvalue weighted by molar-refractivity contribution is -0.465. The minimum Gasteiger partial charge on any atom is -0.624 e. The number of hydrogen-bond acceptors (Lipinski definition) is 11. The van der Waals surface area contributed by atoms with Crippen molar-refractivity contribution in [1.82, 2.24) is 5.06 Å². The normalized spacial score (nSPS) is 15.5. The van der Waals surface area contributed by atoms with Crippen LogP contribution in [0.3, 0.4) is 0 Å². The van der Waals surface area contributed by atoms with Gasteiger partial charge in [-0.05, 0) is 33.3 Å². The van der Waals surface area contributed by atoms with Gasteiger partial charge in [-0.2, -0.15) is 5.06 Å². The third kappa shape index (κ3) is 15.6. The molecule has 3 rings (SSSR count). The van der Waals surface area contributed by atoms with Crippen molar-refractivity contribution in [2.24, 2.45) is 5.92 Å². The van der Waals surface area contributed by atoms with Gasteiger partial charge in [0.05, 0.1) is 26.4 Å². The van der Waals surface area contributed by atoms with E-state index in [2.05, 4.69) is 16.2 Å². The molecule has 0 saturated carbocycles. The van der Waals surface area contributed by atoms with Gasteiger partial charge in [0.15, 0.2) is 12.6 Å². The second-order valence-electron chi connectivity index (χ2n) is 8.91. The molecule has 1 fully saturated rings. The number of nitrogens with zero attached hydrogens (tertiary/aromatic N) is 2. The molecule has 0 radical (unpaired) electrons. The van der Waals surface area contributed by atoms with Crippen LogP contribution in [0.1, 0.15) is 38.8 Å². The Morgan fingerprint density at radius 3 is 1.70 bits per heavy atom. The third-order valence-electron chi connectivity index (χ3n) is 5.47. The molecule has 1 saturated heterocycles. The second-order valence-corrected chi connectivity index (χ2v) is 8.91. The number of esters is 4. The van der Waals surface area contributed by atoms with Gasteiger partial charge < -0.3 is 24.2 Å². The Labute approximate surface area is 258 Å². The summed E-state index contributed by atoms with van der Waals surface area (Å²) in [6.07, 6.45) is 1.14. The van der Waals surface area contributed by atoms with Crippen LogP contribution in [0.4, 0.5) is 0 Å². The standard InChI is InChI=1S/C16H21NO5.C8H9NO.C8H12O4/c1-3-20-15(18)13-11-17(10-12-8-6-5-7-9-12)22-14(13)16(19)21-4-2;1-9(10)7-8-5-3-2-4-6-8;1-3-11-7(9)5-6-8(10)12-4-2/h5-9,13-14H,3-4,10-11H2,1-2H3;2-6H,1,7H2;5-6H,3-4H2,1-2H3/b;;6-5-/t13-,14-;;/m0../s1. The maximum absolute atomic E-state index is 12.0. The Kier molecular flexibility index (Phi) is 18.8. The number of hydrogen-bond donors (Lipinski definition) is 0. The van der Waals surface area contributed by atoms with Crippen LogP contribution in [0.5, 0.6) is 0 Å². The molecule has 1 aliphatic heterocycles. The molecule has 0 aliphatic carbocycles. The van der Waals surface area contributed by atoms with Crippen LogP contribution in [0.15, 0.2) is 72.8 Å². The van der Waals surface area contributed by atoms with Gasteiger partial charge in [-0.1, -0.05) is 60.7 Å². The van der Waals surface area contributed by atoms with Crippen molar-refractivity contribution in [3.63, 3.8) is 0 Å². The van der Waals surface area contributed by atoms with Gasteiger partial charge in [-0.25, -0.2) is 19.1 Å². The lowest BCUT2D eigenvalue weighted by atomic mass is 10.0. The number of carbonyl (C=O) groups is 4. The Hall–Kier alpha value is -4.55. The molecule has 0 aromatic heterocycles. The fourth-order valence-corrected chi connectivity index (χ4v) is 3.66. The van der Waals surface area contributed by atoms with E-state index in [9.17, 15) is 24.4 Å². The van der Waals surface area contributed by atoms with Gasteiger partial charge in [0, 0.05) is 30.8 Å². The van der Waals surface area contributed by atoms with Gasteiger partial charge in [-0.15, -0.1) is 0 Å². The van der Waals surface area contributed by atoms with E-state index in [0.717, 1.165) is 23.3 Å². The number of ether oxygens (including phenoxy) is 4. The van der Waals surface area contributed by atoms with Gasteiger partial charge in [0.1, 0.15) is 12.6 Å². The Bertz CT molecular complexity index is 1140. The summed E-state index contributed by atoms with van der Waals surface area (Å²) >= 11 is 0. The predicted octanol–water partition coefficient (Wildman–Crippen LogP) is 3.61. The molecule has 1 heterocycles. The van der Waals surface area contributed by atoms with Crippen LogP contribution in [-0.2, 0) is 56.1 Å². The van der Waals surface area contributed by atoms with Crippen LogP contribution in [-0.4, -0.2) is 79.5 Å². The van der Waals surface area contributed by atoms with Crippen LogP contribution in [0, 0.1) is 11.1 Å². The summed E-state index contributed by atoms with van der Waals surface area (Å²) in [5.74, 6) is -2.70. The van der Waals surface area contributed by atoms with Gasteiger partial charge in [0.25, 0.3) is 0 Å². The zero-order valence-electron chi connectivity index (χ0n) is 25.7. The van der Waals surface area contributed by atoms with Crippen molar-refractivity contribution < 1.29 is 47.7 Å². The summed E-state index contributed by atoms with van der Waals surface area (Å²) in [4.78, 5) is 50.9. The van der Waals surface area contributed by atoms with Crippen molar-refractivity contribution >= 4 is 30.6 Å². The molecule has 0 bridgehead atoms. The van der Waals surface area contributed by atoms with Crippen LogP contribution < -0.4 is 0 Å². The number of carbonyl (C=O) groups excluding carboxylic acids is 4. The summed E-state index contributed by atoms with van der Waals surface area (Å²) in [5.41, 5.74) is 2.03. The zero-order chi connectivity index (χ0) is 32.7. The fraction of sp³-hybridized carbons (Fsp3) is 0.406. The first-order valence-corrected chi connectivity index (χ1v) is 14.2. The minimum atomic E-state index is -0.942. The van der Waals surface area contributed by atoms with Crippen LogP contribution >= 0.6 is 0 Å². The van der Waals surface area contributed by atoms with E-state index in [4.69, 9.17) is 14.3 Å². The molecule has 2 aromatic carbocycles. The zero-order valence-corrected chi connectivity index (χ0v) is 25.7. The summed E-state index contributed by atoms with van der Waals surface area (Å²) in [6, 6.07) is 19.2. The maximum atomic E-state index is 12.0. The number of hydroxylamine groups is 3. The fourth-order valence-electron chi connectivity index (χ4n) is 3.66. The maximum Gasteiger partial charge on any atom is 0.338 e. The van der Waals surface area contributed by atoms with Gasteiger partial charge >= 0.3 is 23.9 Å². The lowest BCUT2D eigenvalue weighted by Gasteiger charge is -2.15. The highest BCUT2D eigenvalue weighted by atomic mass is 16.7. The van der Waals surface area contributed by atoms with Crippen LogP contribution in [0.25, 0.3) is 0 Å². The quantitative estimate of drug-likeness (QED) is 0.0658. The summed E-state index contributed by atoms with van der Waals surface area (Å²) in [5, 5.41) is 12.0. The van der Waals surface area contributed by atoms with Gasteiger partial charge in [-0.3, -0.25) is 9.63 Å². The SMILES string of the molecule is C=[N+]([O-])Cc1ccccc1.CCOC(=O)/C=C\C(=O)OCC.CCOC(=O)[C@H]1CN(Cc2ccccc2)O[C@@H]1C(=O)OCC. The lowest BCUT2D eigenvalue weighted by Crippen LogP contribution is -2.35. The molecule has 0 N–H and O–H groups in total. The number of rotatable bonds is 12. The molecule has 0 unspecified atom stereocenters. The van der Waals surface area contributed by atoms with E-state index in [1.54, 1.807) is 32.8 Å². The topological polar surface area (TPSA) is 144 Å². The van der Waals surface area contributed by atoms with E-state index in [0.29, 0.717) is 37.6 Å². The van der Waals surface area contributed by atoms with Crippen molar-refractivity contribution in [1.29, 1.82) is 0 Å². The summed E-state index contributed by atoms with van der Waals surface area (Å²) in [6.45, 7) is 12.3. The Morgan fingerprint density at radius 2 is 1.25 bits per heavy atom. The van der Waals surface area contributed by atoms with E-state index in [-0.39, 0.29) is 13.2 Å². The third-order valence-corrected chi connectivity index (χ3v) is 5.47. The highest BCUT2D eigenvalue weighted by molar-refractivity contribution is 5.91. The van der Waals surface area contributed by atoms with E-state index >= 15 is 0 Å². The monoisotopic (exact) mass is 614 g/mol. The van der Waals surface area contributed by atoms with E-state index < -0.39 is 35.9 Å². The first kappa shape index (κ1) is 37.5. The van der Waals surface area contributed by atoms with Crippen LogP contribution in [0.2, 0.25) is 0 Å². The molecule has 1 aliphatic rings. The molecule has 2 atom stereocenters. The largest absolute Gasteiger partial charge is 0.624 e. The molecule has 0 spiro atoms. The van der Waals surface area contributed by atoms with Crippen molar-refractivity contribution in [2.75, 3.05) is 33.0 Å². The average molecular weight is 615 g/mol. The number of benzene rings is 2. The molecule has 12 heteroatoms. The highest BCUT2D eigenvalue weighted by Gasteiger charge is 2.45. The highest BCUT2D eigenvalue weighted by Crippen LogP contribution is 2.25. The van der Waals surface area contributed by atoms with E-state index in [1.807, 2.05) is 60.7 Å². The van der Waals surface area contributed by atoms with Gasteiger partial charge in [0.2, 0.25) is 0 Å². The first-order chi connectivity index (χ1) is 21.1. The molecule has 2 aromatic rings. The minimum absolute atomic E-state index is 0.243. The van der Waals surface area contributed by atoms with Crippen molar-refractivity contribution in [3.05, 3.63) is 89.1 Å². The summed E-state index contributed by atoms with van der Waals surface area (Å²) < 4.78 is 19.7. The molecule has 12 nitrogen and oxygen atoms in total. The average Bonchev–Trinajstić information content (AvgIpc) is 3.42. The first-order valence-electron chi connectivity index (χ1n) is 14.2. The Balaban J connectivity index is 0.000000370. The molecule has 0 amide bonds. The molecule has 240 valence electrons. The van der Waals surface area contributed by atoms with Crippen molar-refractivity contribution in [2.45, 2.75) is 46.9 Å². The van der Waals surface area contributed by atoms with E-state index in [1.165, 1.54) is 0 Å². The molecular formula is C32H42N2O10. The second kappa shape index (κ2) is 22.1. The smallest absolute Gasteiger partial charge is 0.338 e. The predicted molar refractivity (Wildman–Crippen MR) is 162 cm³/mol. The summed E-state index contributed by atoms with van der Waals surface area (Å²) in [7, 11) is 0. The van der Waals surface area contributed by atoms with Crippen molar-refractivity contribution in [3.8, 4) is 0 Å². The molecular weight excluding hydrogens is 572 g/mol. The molecule has 44 heavy (non-hydrogen) atoms.